The second-order valence-electron chi connectivity index (χ2n) is 2.28. The molecule has 0 heterocycles. The summed E-state index contributed by atoms with van der Waals surface area (Å²) in [7, 11) is 0. The standard InChI is InChI=1S/C7H14N2O/c1-3-4-6(5(2)8)7(9)10/h3-4,8H2,1-2H3,(H2,9,10). The molecule has 0 fully saturated rings. The second kappa shape index (κ2) is 3.93. The van der Waals surface area contributed by atoms with Crippen molar-refractivity contribution in [2.75, 3.05) is 0 Å². The lowest BCUT2D eigenvalue weighted by atomic mass is 10.1. The number of hydrogen-bond acceptors (Lipinski definition) is 2. The minimum absolute atomic E-state index is 0.401. The average molecular weight is 142 g/mol. The molecule has 0 aromatic heterocycles. The largest absolute Gasteiger partial charge is 0.402 e. The Morgan fingerprint density at radius 2 is 1.90 bits per heavy atom. The molecule has 0 bridgehead atoms. The molecule has 0 unspecified atom stereocenters. The van der Waals surface area contributed by atoms with Crippen molar-refractivity contribution in [2.45, 2.75) is 26.7 Å². The first-order chi connectivity index (χ1) is 4.59. The van der Waals surface area contributed by atoms with Crippen LogP contribution in [0.1, 0.15) is 26.7 Å². The molecule has 58 valence electrons. The Hall–Kier alpha value is -0.990. The number of rotatable bonds is 3. The van der Waals surface area contributed by atoms with Crippen LogP contribution in [-0.4, -0.2) is 5.91 Å². The van der Waals surface area contributed by atoms with Crippen molar-refractivity contribution >= 4 is 5.91 Å². The molecule has 0 atom stereocenters. The zero-order valence-corrected chi connectivity index (χ0v) is 6.48. The van der Waals surface area contributed by atoms with Crippen LogP contribution in [0.4, 0.5) is 0 Å². The number of carbonyl (C=O) groups excluding carboxylic acids is 1. The van der Waals surface area contributed by atoms with Crippen LogP contribution < -0.4 is 11.5 Å². The van der Waals surface area contributed by atoms with Gasteiger partial charge in [-0.15, -0.1) is 0 Å². The van der Waals surface area contributed by atoms with Gasteiger partial charge in [0.1, 0.15) is 0 Å². The summed E-state index contributed by atoms with van der Waals surface area (Å²) in [5.41, 5.74) is 11.5. The van der Waals surface area contributed by atoms with E-state index in [0.29, 0.717) is 17.7 Å². The third-order valence-electron chi connectivity index (χ3n) is 1.27. The fourth-order valence-electron chi connectivity index (χ4n) is 0.765. The molecule has 0 aliphatic carbocycles. The van der Waals surface area contributed by atoms with E-state index in [1.165, 1.54) is 0 Å². The molecule has 10 heavy (non-hydrogen) atoms. The molecule has 1 amide bonds. The Balaban J connectivity index is 4.28. The highest BCUT2D eigenvalue weighted by Crippen LogP contribution is 2.05. The molecule has 0 aliphatic heterocycles. The Labute approximate surface area is 61.1 Å². The van der Waals surface area contributed by atoms with Crippen molar-refractivity contribution in [1.29, 1.82) is 0 Å². The van der Waals surface area contributed by atoms with E-state index in [9.17, 15) is 4.79 Å². The molecule has 0 saturated heterocycles. The number of hydrogen-bond donors (Lipinski definition) is 2. The summed E-state index contributed by atoms with van der Waals surface area (Å²) in [6, 6.07) is 0. The maximum atomic E-state index is 10.6. The van der Waals surface area contributed by atoms with Crippen LogP contribution in [0, 0.1) is 0 Å². The second-order valence-corrected chi connectivity index (χ2v) is 2.28. The Morgan fingerprint density at radius 1 is 1.40 bits per heavy atom. The Kier molecular flexibility index (Phi) is 3.54. The molecule has 0 aromatic carbocycles. The highest BCUT2D eigenvalue weighted by atomic mass is 16.1. The topological polar surface area (TPSA) is 69.1 Å². The van der Waals surface area contributed by atoms with Crippen molar-refractivity contribution in [3.63, 3.8) is 0 Å². The predicted octanol–water partition coefficient (Wildman–Crippen LogP) is 0.505. The maximum absolute atomic E-state index is 10.6. The van der Waals surface area contributed by atoms with Gasteiger partial charge in [-0.25, -0.2) is 0 Å². The molecule has 0 spiro atoms. The van der Waals surface area contributed by atoms with Crippen molar-refractivity contribution in [2.24, 2.45) is 11.5 Å². The lowest BCUT2D eigenvalue weighted by molar-refractivity contribution is -0.114. The number of carbonyl (C=O) groups is 1. The number of allylic oxidation sites excluding steroid dienone is 1. The molecule has 0 aliphatic rings. The fourth-order valence-corrected chi connectivity index (χ4v) is 0.765. The highest BCUT2D eigenvalue weighted by molar-refractivity contribution is 5.92. The molecule has 0 rings (SSSR count). The van der Waals surface area contributed by atoms with E-state index in [1.54, 1.807) is 6.92 Å². The van der Waals surface area contributed by atoms with Crippen LogP contribution in [0.2, 0.25) is 0 Å². The summed E-state index contributed by atoms with van der Waals surface area (Å²) in [5.74, 6) is -0.401. The van der Waals surface area contributed by atoms with Gasteiger partial charge in [0.05, 0.1) is 0 Å². The lowest BCUT2D eigenvalue weighted by Crippen LogP contribution is -2.17. The normalized spacial score (nSPS) is 12.6. The van der Waals surface area contributed by atoms with Gasteiger partial charge in [0.2, 0.25) is 5.91 Å². The first-order valence-corrected chi connectivity index (χ1v) is 3.34. The van der Waals surface area contributed by atoms with Gasteiger partial charge in [-0.3, -0.25) is 4.79 Å². The van der Waals surface area contributed by atoms with Gasteiger partial charge in [0, 0.05) is 11.3 Å². The van der Waals surface area contributed by atoms with E-state index in [4.69, 9.17) is 11.5 Å². The third-order valence-corrected chi connectivity index (χ3v) is 1.27. The zero-order valence-electron chi connectivity index (χ0n) is 6.48. The molecule has 0 aromatic rings. The van der Waals surface area contributed by atoms with Gasteiger partial charge in [-0.1, -0.05) is 13.3 Å². The van der Waals surface area contributed by atoms with E-state index in [-0.39, 0.29) is 0 Å². The van der Waals surface area contributed by atoms with E-state index >= 15 is 0 Å². The van der Waals surface area contributed by atoms with E-state index in [2.05, 4.69) is 0 Å². The first kappa shape index (κ1) is 9.01. The quantitative estimate of drug-likeness (QED) is 0.563. The van der Waals surface area contributed by atoms with Gasteiger partial charge >= 0.3 is 0 Å². The average Bonchev–Trinajstić information content (AvgIpc) is 1.81. The molecular weight excluding hydrogens is 128 g/mol. The summed E-state index contributed by atoms with van der Waals surface area (Å²) in [6.45, 7) is 3.67. The van der Waals surface area contributed by atoms with Crippen LogP contribution >= 0.6 is 0 Å². The van der Waals surface area contributed by atoms with Crippen molar-refractivity contribution in [3.05, 3.63) is 11.3 Å². The Bertz CT molecular complexity index is 157. The van der Waals surface area contributed by atoms with Gasteiger partial charge < -0.3 is 11.5 Å². The SMILES string of the molecule is CCCC(C(N)=O)=C(C)N. The maximum Gasteiger partial charge on any atom is 0.246 e. The number of primary amides is 1. The van der Waals surface area contributed by atoms with Gasteiger partial charge in [-0.05, 0) is 13.3 Å². The van der Waals surface area contributed by atoms with Crippen LogP contribution in [0.3, 0.4) is 0 Å². The third kappa shape index (κ3) is 2.53. The summed E-state index contributed by atoms with van der Waals surface area (Å²) in [5, 5.41) is 0. The van der Waals surface area contributed by atoms with Crippen LogP contribution in [-0.2, 0) is 4.79 Å². The Morgan fingerprint density at radius 3 is 2.00 bits per heavy atom. The molecular formula is C7H14N2O. The van der Waals surface area contributed by atoms with Crippen LogP contribution in [0.5, 0.6) is 0 Å². The molecule has 0 saturated carbocycles. The molecule has 4 N–H and O–H groups in total. The van der Waals surface area contributed by atoms with E-state index in [0.717, 1.165) is 6.42 Å². The van der Waals surface area contributed by atoms with Crippen LogP contribution in [0.25, 0.3) is 0 Å². The van der Waals surface area contributed by atoms with E-state index < -0.39 is 5.91 Å². The van der Waals surface area contributed by atoms with Crippen molar-refractivity contribution in [1.82, 2.24) is 0 Å². The van der Waals surface area contributed by atoms with Crippen LogP contribution in [0.15, 0.2) is 11.3 Å². The van der Waals surface area contributed by atoms with Crippen molar-refractivity contribution < 1.29 is 4.79 Å². The van der Waals surface area contributed by atoms with Crippen molar-refractivity contribution in [3.8, 4) is 0 Å². The minimum Gasteiger partial charge on any atom is -0.402 e. The fraction of sp³-hybridized carbons (Fsp3) is 0.571. The minimum atomic E-state index is -0.401. The van der Waals surface area contributed by atoms with Gasteiger partial charge in [0.15, 0.2) is 0 Å². The monoisotopic (exact) mass is 142 g/mol. The smallest absolute Gasteiger partial charge is 0.246 e. The number of nitrogens with two attached hydrogens (primary N) is 2. The highest BCUT2D eigenvalue weighted by Gasteiger charge is 2.04. The first-order valence-electron chi connectivity index (χ1n) is 3.34. The molecule has 0 radical (unpaired) electrons. The summed E-state index contributed by atoms with van der Waals surface area (Å²) in [4.78, 5) is 10.6. The predicted molar refractivity (Wildman–Crippen MR) is 41.0 cm³/mol. The summed E-state index contributed by atoms with van der Waals surface area (Å²) < 4.78 is 0. The number of amides is 1. The molecule has 3 nitrogen and oxygen atoms in total. The van der Waals surface area contributed by atoms with E-state index in [1.807, 2.05) is 6.92 Å². The zero-order chi connectivity index (χ0) is 8.15. The lowest BCUT2D eigenvalue weighted by Gasteiger charge is -2.01. The molecule has 3 heteroatoms. The van der Waals surface area contributed by atoms with Gasteiger partial charge in [-0.2, -0.15) is 0 Å². The van der Waals surface area contributed by atoms with Gasteiger partial charge in [0.25, 0.3) is 0 Å². The summed E-state index contributed by atoms with van der Waals surface area (Å²) >= 11 is 0. The summed E-state index contributed by atoms with van der Waals surface area (Å²) in [6.07, 6.45) is 1.57.